The number of rotatable bonds is 5. The highest BCUT2D eigenvalue weighted by molar-refractivity contribution is 9.10. The van der Waals surface area contributed by atoms with Crippen LogP contribution < -0.4 is 5.32 Å². The molecular formula is C14H21BrN2O. The van der Waals surface area contributed by atoms with Crippen LogP contribution in [-0.2, 0) is 4.74 Å². The van der Waals surface area contributed by atoms with E-state index in [0.717, 1.165) is 43.9 Å². The van der Waals surface area contributed by atoms with Gasteiger partial charge in [0.2, 0.25) is 0 Å². The summed E-state index contributed by atoms with van der Waals surface area (Å²) in [5.74, 6) is 0. The van der Waals surface area contributed by atoms with Gasteiger partial charge in [-0.1, -0.05) is 28.1 Å². The molecule has 1 unspecified atom stereocenters. The maximum Gasteiger partial charge on any atom is 0.0594 e. The van der Waals surface area contributed by atoms with Crippen LogP contribution in [0.15, 0.2) is 28.7 Å². The van der Waals surface area contributed by atoms with Crippen LogP contribution in [0.1, 0.15) is 18.5 Å². The molecule has 1 fully saturated rings. The van der Waals surface area contributed by atoms with Crippen LogP contribution in [0.4, 0.5) is 0 Å². The third-order valence-electron chi connectivity index (χ3n) is 3.33. The van der Waals surface area contributed by atoms with Gasteiger partial charge in [0.25, 0.3) is 0 Å². The summed E-state index contributed by atoms with van der Waals surface area (Å²) in [6.07, 6.45) is 0. The molecule has 0 saturated carbocycles. The second-order valence-electron chi connectivity index (χ2n) is 4.68. The van der Waals surface area contributed by atoms with Crippen LogP contribution in [0.2, 0.25) is 0 Å². The molecule has 0 bridgehead atoms. The summed E-state index contributed by atoms with van der Waals surface area (Å²) in [6.45, 7) is 8.21. The minimum Gasteiger partial charge on any atom is -0.379 e. The smallest absolute Gasteiger partial charge is 0.0594 e. The Morgan fingerprint density at radius 2 is 2.17 bits per heavy atom. The lowest BCUT2D eigenvalue weighted by molar-refractivity contribution is 0.0382. The van der Waals surface area contributed by atoms with E-state index in [2.05, 4.69) is 57.3 Å². The molecule has 0 amide bonds. The minimum absolute atomic E-state index is 0.392. The lowest BCUT2D eigenvalue weighted by Gasteiger charge is -2.27. The average Bonchev–Trinajstić information content (AvgIpc) is 2.40. The first-order valence-corrected chi connectivity index (χ1v) is 7.34. The van der Waals surface area contributed by atoms with Crippen molar-refractivity contribution in [1.82, 2.24) is 10.2 Å². The van der Waals surface area contributed by atoms with Gasteiger partial charge in [-0.2, -0.15) is 0 Å². The predicted octanol–water partition coefficient (Wildman–Crippen LogP) is 2.43. The Kier molecular flexibility index (Phi) is 5.63. The van der Waals surface area contributed by atoms with Gasteiger partial charge >= 0.3 is 0 Å². The highest BCUT2D eigenvalue weighted by Gasteiger charge is 2.10. The number of nitrogens with zero attached hydrogens (tertiary/aromatic N) is 1. The number of nitrogens with one attached hydrogen (secondary N) is 1. The van der Waals surface area contributed by atoms with Crippen LogP contribution >= 0.6 is 15.9 Å². The number of ether oxygens (including phenoxy) is 1. The number of halogens is 1. The number of benzene rings is 1. The first kappa shape index (κ1) is 14.0. The zero-order valence-corrected chi connectivity index (χ0v) is 12.4. The van der Waals surface area contributed by atoms with Gasteiger partial charge in [-0.15, -0.1) is 0 Å². The van der Waals surface area contributed by atoms with E-state index in [-0.39, 0.29) is 0 Å². The molecule has 1 aliphatic heterocycles. The van der Waals surface area contributed by atoms with Gasteiger partial charge < -0.3 is 10.1 Å². The van der Waals surface area contributed by atoms with Gasteiger partial charge in [0, 0.05) is 36.7 Å². The fraction of sp³-hybridized carbons (Fsp3) is 0.571. The lowest BCUT2D eigenvalue weighted by Crippen LogP contribution is -2.40. The van der Waals surface area contributed by atoms with E-state index in [4.69, 9.17) is 4.74 Å². The summed E-state index contributed by atoms with van der Waals surface area (Å²) >= 11 is 3.51. The van der Waals surface area contributed by atoms with Gasteiger partial charge in [0.15, 0.2) is 0 Å². The van der Waals surface area contributed by atoms with E-state index in [9.17, 15) is 0 Å². The van der Waals surface area contributed by atoms with Crippen LogP contribution in [0.5, 0.6) is 0 Å². The molecule has 100 valence electrons. The number of morpholine rings is 1. The average molecular weight is 313 g/mol. The van der Waals surface area contributed by atoms with E-state index < -0.39 is 0 Å². The molecular weight excluding hydrogens is 292 g/mol. The van der Waals surface area contributed by atoms with Crippen LogP contribution in [0, 0.1) is 0 Å². The third kappa shape index (κ3) is 4.35. The Morgan fingerprint density at radius 3 is 2.89 bits per heavy atom. The molecule has 1 heterocycles. The molecule has 3 nitrogen and oxygen atoms in total. The van der Waals surface area contributed by atoms with E-state index in [1.165, 1.54) is 5.56 Å². The van der Waals surface area contributed by atoms with Gasteiger partial charge in [-0.25, -0.2) is 0 Å². The molecule has 0 aromatic heterocycles. The van der Waals surface area contributed by atoms with E-state index >= 15 is 0 Å². The quantitative estimate of drug-likeness (QED) is 0.903. The van der Waals surface area contributed by atoms with E-state index in [0.29, 0.717) is 6.04 Å². The molecule has 1 N–H and O–H groups in total. The fourth-order valence-electron chi connectivity index (χ4n) is 2.16. The number of hydrogen-bond donors (Lipinski definition) is 1. The first-order valence-electron chi connectivity index (χ1n) is 6.54. The molecule has 1 saturated heterocycles. The lowest BCUT2D eigenvalue weighted by atomic mass is 10.1. The standard InChI is InChI=1S/C14H21BrN2O/c1-12(13-3-2-4-14(15)11-13)16-5-6-17-7-9-18-10-8-17/h2-4,11-12,16H,5-10H2,1H3. The van der Waals surface area contributed by atoms with Crippen molar-refractivity contribution in [2.75, 3.05) is 39.4 Å². The molecule has 4 heteroatoms. The Balaban J connectivity index is 1.72. The van der Waals surface area contributed by atoms with Crippen molar-refractivity contribution >= 4 is 15.9 Å². The Bertz CT molecular complexity index is 367. The predicted molar refractivity (Wildman–Crippen MR) is 77.8 cm³/mol. The van der Waals surface area contributed by atoms with Crippen molar-refractivity contribution in [2.24, 2.45) is 0 Å². The molecule has 1 aromatic carbocycles. The van der Waals surface area contributed by atoms with E-state index in [1.54, 1.807) is 0 Å². The second kappa shape index (κ2) is 7.24. The molecule has 0 radical (unpaired) electrons. The van der Waals surface area contributed by atoms with Crippen molar-refractivity contribution in [3.05, 3.63) is 34.3 Å². The molecule has 0 spiro atoms. The topological polar surface area (TPSA) is 24.5 Å². The van der Waals surface area contributed by atoms with Gasteiger partial charge in [-0.3, -0.25) is 4.90 Å². The highest BCUT2D eigenvalue weighted by atomic mass is 79.9. The summed E-state index contributed by atoms with van der Waals surface area (Å²) in [7, 11) is 0. The van der Waals surface area contributed by atoms with Crippen LogP contribution in [0.3, 0.4) is 0 Å². The minimum atomic E-state index is 0.392. The second-order valence-corrected chi connectivity index (χ2v) is 5.60. The molecule has 1 atom stereocenters. The normalized spacial score (nSPS) is 18.8. The number of hydrogen-bond acceptors (Lipinski definition) is 3. The Labute approximate surface area is 118 Å². The SMILES string of the molecule is CC(NCCN1CCOCC1)c1cccc(Br)c1. The highest BCUT2D eigenvalue weighted by Crippen LogP contribution is 2.17. The molecule has 0 aliphatic carbocycles. The van der Waals surface area contributed by atoms with Gasteiger partial charge in [0.1, 0.15) is 0 Å². The first-order chi connectivity index (χ1) is 8.75. The zero-order valence-electron chi connectivity index (χ0n) is 10.9. The van der Waals surface area contributed by atoms with Crippen molar-refractivity contribution in [3.8, 4) is 0 Å². The summed E-state index contributed by atoms with van der Waals surface area (Å²) < 4.78 is 6.48. The van der Waals surface area contributed by atoms with Crippen molar-refractivity contribution < 1.29 is 4.74 Å². The van der Waals surface area contributed by atoms with Gasteiger partial charge in [-0.05, 0) is 24.6 Å². The largest absolute Gasteiger partial charge is 0.379 e. The monoisotopic (exact) mass is 312 g/mol. The summed E-state index contributed by atoms with van der Waals surface area (Å²) in [5.41, 5.74) is 1.33. The Hall–Kier alpha value is -0.420. The molecule has 1 aromatic rings. The zero-order chi connectivity index (χ0) is 12.8. The maximum absolute atomic E-state index is 5.34. The van der Waals surface area contributed by atoms with Crippen molar-refractivity contribution in [2.45, 2.75) is 13.0 Å². The summed E-state index contributed by atoms with van der Waals surface area (Å²) in [5, 5.41) is 3.57. The Morgan fingerprint density at radius 1 is 1.39 bits per heavy atom. The summed E-state index contributed by atoms with van der Waals surface area (Å²) in [4.78, 5) is 2.45. The molecule has 18 heavy (non-hydrogen) atoms. The fourth-order valence-corrected chi connectivity index (χ4v) is 2.57. The molecule has 2 rings (SSSR count). The van der Waals surface area contributed by atoms with Crippen molar-refractivity contribution in [3.63, 3.8) is 0 Å². The van der Waals surface area contributed by atoms with E-state index in [1.807, 2.05) is 0 Å². The maximum atomic E-state index is 5.34. The van der Waals surface area contributed by atoms with Gasteiger partial charge in [0.05, 0.1) is 13.2 Å². The third-order valence-corrected chi connectivity index (χ3v) is 3.82. The molecule has 1 aliphatic rings. The summed E-state index contributed by atoms with van der Waals surface area (Å²) in [6, 6.07) is 8.87. The van der Waals surface area contributed by atoms with Crippen molar-refractivity contribution in [1.29, 1.82) is 0 Å². The van der Waals surface area contributed by atoms with Crippen LogP contribution in [0.25, 0.3) is 0 Å². The van der Waals surface area contributed by atoms with Crippen LogP contribution in [-0.4, -0.2) is 44.3 Å².